The number of nitrogens with zero attached hydrogens (tertiary/aromatic N) is 1. The molecule has 2 nitrogen and oxygen atoms in total. The van der Waals surface area contributed by atoms with Gasteiger partial charge in [-0.25, -0.2) is 0 Å². The number of hydrogen-bond acceptors (Lipinski definition) is 2. The predicted molar refractivity (Wildman–Crippen MR) is 78.9 cm³/mol. The summed E-state index contributed by atoms with van der Waals surface area (Å²) in [4.78, 5) is 2.82. The van der Waals surface area contributed by atoms with Gasteiger partial charge in [-0.3, -0.25) is 4.90 Å². The van der Waals surface area contributed by atoms with Crippen LogP contribution in [0.5, 0.6) is 0 Å². The molecule has 2 unspecified atom stereocenters. The lowest BCUT2D eigenvalue weighted by Gasteiger charge is -2.40. The van der Waals surface area contributed by atoms with Gasteiger partial charge in [0.1, 0.15) is 0 Å². The van der Waals surface area contributed by atoms with Crippen molar-refractivity contribution in [1.29, 1.82) is 0 Å². The Hall–Kier alpha value is -0.0800. The van der Waals surface area contributed by atoms with Gasteiger partial charge in [-0.05, 0) is 57.5 Å². The zero-order chi connectivity index (χ0) is 12.8. The van der Waals surface area contributed by atoms with Gasteiger partial charge in [0.2, 0.25) is 0 Å². The fraction of sp³-hybridized carbons (Fsp3) is 1.00. The van der Waals surface area contributed by atoms with E-state index in [2.05, 4.69) is 24.1 Å². The topological polar surface area (TPSA) is 15.3 Å². The van der Waals surface area contributed by atoms with E-state index in [-0.39, 0.29) is 0 Å². The van der Waals surface area contributed by atoms with Crippen LogP contribution in [-0.4, -0.2) is 36.6 Å². The summed E-state index contributed by atoms with van der Waals surface area (Å²) in [5.74, 6) is 1.03. The smallest absolute Gasteiger partial charge is 0.0249 e. The second kappa shape index (κ2) is 7.49. The molecule has 2 atom stereocenters. The molecule has 0 heterocycles. The molecule has 18 heavy (non-hydrogen) atoms. The molecule has 0 amide bonds. The molecule has 2 fully saturated rings. The van der Waals surface area contributed by atoms with Crippen molar-refractivity contribution in [2.75, 3.05) is 19.6 Å². The van der Waals surface area contributed by atoms with Crippen LogP contribution >= 0.6 is 0 Å². The molecular weight excluding hydrogens is 220 g/mol. The van der Waals surface area contributed by atoms with Gasteiger partial charge >= 0.3 is 0 Å². The summed E-state index contributed by atoms with van der Waals surface area (Å²) < 4.78 is 0. The molecular formula is C16H32N2. The maximum absolute atomic E-state index is 3.81. The minimum atomic E-state index is 0.768. The summed E-state index contributed by atoms with van der Waals surface area (Å²) in [5, 5.41) is 3.81. The molecule has 2 heteroatoms. The van der Waals surface area contributed by atoms with E-state index in [4.69, 9.17) is 0 Å². The first-order chi connectivity index (χ1) is 8.85. The van der Waals surface area contributed by atoms with Crippen LogP contribution in [0, 0.1) is 5.92 Å². The normalized spacial score (nSPS) is 28.8. The Balaban J connectivity index is 1.89. The maximum Gasteiger partial charge on any atom is 0.0249 e. The molecule has 0 spiro atoms. The van der Waals surface area contributed by atoms with Crippen LogP contribution in [0.3, 0.4) is 0 Å². The summed E-state index contributed by atoms with van der Waals surface area (Å²) in [6.07, 6.45) is 11.2. The molecule has 2 rings (SSSR count). The van der Waals surface area contributed by atoms with Crippen molar-refractivity contribution in [2.45, 2.75) is 77.3 Å². The van der Waals surface area contributed by atoms with E-state index in [1.165, 1.54) is 71.0 Å². The van der Waals surface area contributed by atoms with Crippen molar-refractivity contribution < 1.29 is 0 Å². The standard InChI is InChI=1S/C16H32N2/c1-3-11-17-15-7-5-6-8-16(15)18(12-4-2)13-14-9-10-14/h14-17H,3-13H2,1-2H3. The minimum absolute atomic E-state index is 0.768. The van der Waals surface area contributed by atoms with Crippen molar-refractivity contribution in [2.24, 2.45) is 5.92 Å². The van der Waals surface area contributed by atoms with Gasteiger partial charge in [0.25, 0.3) is 0 Å². The van der Waals surface area contributed by atoms with Gasteiger partial charge in [-0.2, -0.15) is 0 Å². The van der Waals surface area contributed by atoms with E-state index in [1.54, 1.807) is 0 Å². The third-order valence-corrected chi connectivity index (χ3v) is 4.56. The quantitative estimate of drug-likeness (QED) is 0.712. The van der Waals surface area contributed by atoms with E-state index < -0.39 is 0 Å². The molecule has 0 aromatic rings. The number of hydrogen-bond donors (Lipinski definition) is 1. The van der Waals surface area contributed by atoms with Crippen molar-refractivity contribution in [3.05, 3.63) is 0 Å². The summed E-state index contributed by atoms with van der Waals surface area (Å²) >= 11 is 0. The lowest BCUT2D eigenvalue weighted by atomic mass is 9.88. The highest BCUT2D eigenvalue weighted by Crippen LogP contribution is 2.32. The van der Waals surface area contributed by atoms with E-state index in [0.717, 1.165) is 18.0 Å². The highest BCUT2D eigenvalue weighted by atomic mass is 15.2. The van der Waals surface area contributed by atoms with Crippen LogP contribution in [-0.2, 0) is 0 Å². The Morgan fingerprint density at radius 3 is 2.44 bits per heavy atom. The molecule has 1 N–H and O–H groups in total. The fourth-order valence-electron chi connectivity index (χ4n) is 3.43. The van der Waals surface area contributed by atoms with E-state index >= 15 is 0 Å². The van der Waals surface area contributed by atoms with Crippen molar-refractivity contribution >= 4 is 0 Å². The molecule has 0 radical (unpaired) electrons. The molecule has 2 saturated carbocycles. The highest BCUT2D eigenvalue weighted by Gasteiger charge is 2.32. The van der Waals surface area contributed by atoms with Crippen LogP contribution < -0.4 is 5.32 Å². The zero-order valence-electron chi connectivity index (χ0n) is 12.5. The first kappa shape index (κ1) is 14.3. The molecule has 0 bridgehead atoms. The SMILES string of the molecule is CCCNC1CCCCC1N(CCC)CC1CC1. The summed E-state index contributed by atoms with van der Waals surface area (Å²) in [6, 6.07) is 1.59. The van der Waals surface area contributed by atoms with Gasteiger partial charge in [-0.1, -0.05) is 26.7 Å². The van der Waals surface area contributed by atoms with E-state index in [0.29, 0.717) is 0 Å². The van der Waals surface area contributed by atoms with Crippen LogP contribution in [0.25, 0.3) is 0 Å². The fourth-order valence-corrected chi connectivity index (χ4v) is 3.43. The molecule has 2 aliphatic carbocycles. The Morgan fingerprint density at radius 1 is 1.00 bits per heavy atom. The zero-order valence-corrected chi connectivity index (χ0v) is 12.5. The third-order valence-electron chi connectivity index (χ3n) is 4.56. The average Bonchev–Trinajstić information content (AvgIpc) is 3.20. The Bertz CT molecular complexity index is 225. The van der Waals surface area contributed by atoms with Gasteiger partial charge < -0.3 is 5.32 Å². The molecule has 0 aromatic carbocycles. The number of rotatable bonds is 8. The second-order valence-corrected chi connectivity index (χ2v) is 6.35. The van der Waals surface area contributed by atoms with Crippen molar-refractivity contribution in [3.8, 4) is 0 Å². The molecule has 0 aliphatic heterocycles. The van der Waals surface area contributed by atoms with Crippen LogP contribution in [0.2, 0.25) is 0 Å². The van der Waals surface area contributed by atoms with Gasteiger partial charge in [0.05, 0.1) is 0 Å². The van der Waals surface area contributed by atoms with Crippen LogP contribution in [0.4, 0.5) is 0 Å². The molecule has 106 valence electrons. The molecule has 2 aliphatic rings. The second-order valence-electron chi connectivity index (χ2n) is 6.35. The minimum Gasteiger partial charge on any atom is -0.312 e. The van der Waals surface area contributed by atoms with Gasteiger partial charge in [-0.15, -0.1) is 0 Å². The first-order valence-corrected chi connectivity index (χ1v) is 8.32. The van der Waals surface area contributed by atoms with Crippen molar-refractivity contribution in [3.63, 3.8) is 0 Å². The van der Waals surface area contributed by atoms with E-state index in [1.807, 2.05) is 0 Å². The third kappa shape index (κ3) is 4.24. The summed E-state index contributed by atoms with van der Waals surface area (Å²) in [6.45, 7) is 8.49. The van der Waals surface area contributed by atoms with E-state index in [9.17, 15) is 0 Å². The monoisotopic (exact) mass is 252 g/mol. The predicted octanol–water partition coefficient (Wildman–Crippen LogP) is 3.42. The number of nitrogens with one attached hydrogen (secondary N) is 1. The van der Waals surface area contributed by atoms with Crippen LogP contribution in [0.1, 0.15) is 65.2 Å². The maximum atomic E-state index is 3.81. The Labute approximate surface area is 114 Å². The largest absolute Gasteiger partial charge is 0.312 e. The van der Waals surface area contributed by atoms with Crippen LogP contribution in [0.15, 0.2) is 0 Å². The molecule has 0 aromatic heterocycles. The van der Waals surface area contributed by atoms with Gasteiger partial charge in [0, 0.05) is 18.6 Å². The Kier molecular flexibility index (Phi) is 5.97. The Morgan fingerprint density at radius 2 is 1.78 bits per heavy atom. The lowest BCUT2D eigenvalue weighted by molar-refractivity contribution is 0.116. The first-order valence-electron chi connectivity index (χ1n) is 8.32. The highest BCUT2D eigenvalue weighted by molar-refractivity contribution is 4.90. The molecule has 0 saturated heterocycles. The van der Waals surface area contributed by atoms with Gasteiger partial charge in [0.15, 0.2) is 0 Å². The summed E-state index contributed by atoms with van der Waals surface area (Å²) in [5.41, 5.74) is 0. The van der Waals surface area contributed by atoms with Crippen molar-refractivity contribution in [1.82, 2.24) is 10.2 Å². The average molecular weight is 252 g/mol. The lowest BCUT2D eigenvalue weighted by Crippen LogP contribution is -2.52. The summed E-state index contributed by atoms with van der Waals surface area (Å²) in [7, 11) is 0.